The lowest BCUT2D eigenvalue weighted by molar-refractivity contribution is -0.137. The lowest BCUT2D eigenvalue weighted by atomic mass is 10.1. The minimum atomic E-state index is -4.71. The SMILES string of the molecule is Cc1cc(Nc2ccc(C(=O)NNc3ncc(F)c(N4CCOC([SH]5C=CC=C5c5cc(Nc6ccc(C(=O)NNc7ncc(F)c(N8CCOCC8)n7)nc6)cc(C(F)(F)F)c5)C4)n3)nc2)cc(-c2ccco2)c1. The summed E-state index contributed by atoms with van der Waals surface area (Å²) in [5.41, 5.74) is 12.6. The number of benzene rings is 2. The Bertz CT molecular complexity index is 3270. The van der Waals surface area contributed by atoms with Gasteiger partial charge in [0.15, 0.2) is 23.3 Å². The number of amides is 2. The average molecular weight is 1050 g/mol. The van der Waals surface area contributed by atoms with E-state index in [9.17, 15) is 27.2 Å². The maximum absolute atomic E-state index is 15.5. The van der Waals surface area contributed by atoms with Crippen LogP contribution in [0.2, 0.25) is 0 Å². The van der Waals surface area contributed by atoms with Crippen LogP contribution in [-0.2, 0) is 15.7 Å². The highest BCUT2D eigenvalue weighted by atomic mass is 32.2. The number of morpholine rings is 2. The predicted molar refractivity (Wildman–Crippen MR) is 273 cm³/mol. The molecule has 2 amide bonds. The maximum atomic E-state index is 15.5. The Morgan fingerprint density at radius 2 is 1.31 bits per heavy atom. The van der Waals surface area contributed by atoms with E-state index in [4.69, 9.17) is 13.9 Å². The molecule has 0 spiro atoms. The number of aromatic nitrogens is 6. The number of alkyl halides is 3. The van der Waals surface area contributed by atoms with Gasteiger partial charge in [-0.3, -0.25) is 31.3 Å². The summed E-state index contributed by atoms with van der Waals surface area (Å²) in [6.07, 6.45) is 5.12. The van der Waals surface area contributed by atoms with Gasteiger partial charge in [0.1, 0.15) is 22.6 Å². The number of halogens is 5. The Labute approximate surface area is 427 Å². The molecule has 10 rings (SSSR count). The van der Waals surface area contributed by atoms with Gasteiger partial charge in [0.2, 0.25) is 11.9 Å². The molecule has 2 aromatic carbocycles. The number of carbonyl (C=O) groups is 2. The number of hydrogen-bond donors (Lipinski definition) is 7. The molecule has 3 aliphatic heterocycles. The molecule has 2 unspecified atom stereocenters. The fraction of sp³-hybridized carbons (Fsp3) is 0.200. The molecule has 0 saturated carbocycles. The summed E-state index contributed by atoms with van der Waals surface area (Å²) >= 11 is 0. The second kappa shape index (κ2) is 21.8. The summed E-state index contributed by atoms with van der Waals surface area (Å²) in [4.78, 5) is 54.8. The van der Waals surface area contributed by atoms with Gasteiger partial charge in [-0.05, 0) is 102 Å². The molecular formula is C50H45F5N14O5S. The van der Waals surface area contributed by atoms with Crippen LogP contribution in [0.25, 0.3) is 16.2 Å². The number of thiol groups is 1. The third-order valence-corrected chi connectivity index (χ3v) is 14.2. The van der Waals surface area contributed by atoms with Gasteiger partial charge in [0, 0.05) is 41.5 Å². The fourth-order valence-electron chi connectivity index (χ4n) is 8.28. The number of pyridine rings is 2. The topological polar surface area (TPSA) is 222 Å². The molecule has 75 heavy (non-hydrogen) atoms. The largest absolute Gasteiger partial charge is 0.464 e. The minimum absolute atomic E-state index is 0.0482. The van der Waals surface area contributed by atoms with E-state index >= 15 is 4.39 Å². The minimum Gasteiger partial charge on any atom is -0.464 e. The summed E-state index contributed by atoms with van der Waals surface area (Å²) in [6.45, 7) is 4.17. The number of rotatable bonds is 15. The summed E-state index contributed by atoms with van der Waals surface area (Å²) in [7, 11) is -1.40. The van der Waals surface area contributed by atoms with Crippen molar-refractivity contribution in [1.29, 1.82) is 0 Å². The van der Waals surface area contributed by atoms with Gasteiger partial charge in [-0.1, -0.05) is 6.08 Å². The molecule has 0 radical (unpaired) electrons. The van der Waals surface area contributed by atoms with Gasteiger partial charge in [-0.15, -0.1) is 0 Å². The van der Waals surface area contributed by atoms with Crippen molar-refractivity contribution in [3.8, 4) is 11.3 Å². The van der Waals surface area contributed by atoms with E-state index in [0.717, 1.165) is 47.1 Å². The molecule has 8 heterocycles. The van der Waals surface area contributed by atoms with Crippen LogP contribution >= 0.6 is 10.9 Å². The molecule has 3 aliphatic rings. The molecule has 6 N–H and O–H groups in total. The highest BCUT2D eigenvalue weighted by Gasteiger charge is 2.34. The Hall–Kier alpha value is -8.68. The molecule has 25 heteroatoms. The number of aryl methyl sites for hydroxylation is 1. The monoisotopic (exact) mass is 1050 g/mol. The molecular weight excluding hydrogens is 1000 g/mol. The van der Waals surface area contributed by atoms with E-state index in [1.54, 1.807) is 40.3 Å². The Kier molecular flexibility index (Phi) is 14.5. The van der Waals surface area contributed by atoms with Gasteiger partial charge >= 0.3 is 6.18 Å². The summed E-state index contributed by atoms with van der Waals surface area (Å²) in [6, 6.07) is 19.3. The Morgan fingerprint density at radius 3 is 1.91 bits per heavy atom. The quantitative estimate of drug-likeness (QED) is 0.0291. The molecule has 2 saturated heterocycles. The number of anilines is 8. The summed E-state index contributed by atoms with van der Waals surface area (Å²) in [5, 5.41) is 8.13. The first-order chi connectivity index (χ1) is 36.3. The molecule has 7 aromatic rings. The highest BCUT2D eigenvalue weighted by molar-refractivity contribution is 8.28. The van der Waals surface area contributed by atoms with E-state index in [2.05, 4.69) is 62.2 Å². The molecule has 5 aromatic heterocycles. The van der Waals surface area contributed by atoms with E-state index in [1.807, 2.05) is 42.7 Å². The summed E-state index contributed by atoms with van der Waals surface area (Å²) in [5.74, 6) is -2.12. The van der Waals surface area contributed by atoms with Crippen molar-refractivity contribution < 1.29 is 45.4 Å². The molecule has 2 fully saturated rings. The number of furan rings is 1. The van der Waals surface area contributed by atoms with Gasteiger partial charge in [0.05, 0.1) is 74.4 Å². The van der Waals surface area contributed by atoms with Crippen LogP contribution in [0.3, 0.4) is 0 Å². The number of nitrogens with zero attached hydrogens (tertiary/aromatic N) is 8. The highest BCUT2D eigenvalue weighted by Crippen LogP contribution is 2.53. The van der Waals surface area contributed by atoms with Crippen LogP contribution in [0.5, 0.6) is 0 Å². The molecule has 19 nitrogen and oxygen atoms in total. The zero-order valence-electron chi connectivity index (χ0n) is 39.5. The van der Waals surface area contributed by atoms with Crippen LogP contribution in [-0.4, -0.2) is 93.2 Å². The number of ether oxygens (including phenoxy) is 2. The van der Waals surface area contributed by atoms with Gasteiger partial charge < -0.3 is 34.3 Å². The first-order valence-electron chi connectivity index (χ1n) is 23.2. The van der Waals surface area contributed by atoms with E-state index in [0.29, 0.717) is 36.9 Å². The van der Waals surface area contributed by atoms with Crippen LogP contribution < -0.4 is 42.1 Å². The fourth-order valence-corrected chi connectivity index (χ4v) is 10.5. The van der Waals surface area contributed by atoms with Gasteiger partial charge in [0.25, 0.3) is 11.8 Å². The third-order valence-electron chi connectivity index (χ3n) is 11.8. The van der Waals surface area contributed by atoms with Gasteiger partial charge in [-0.2, -0.15) is 34.0 Å². The Morgan fingerprint density at radius 1 is 0.693 bits per heavy atom. The zero-order chi connectivity index (χ0) is 52.1. The van der Waals surface area contributed by atoms with Crippen molar-refractivity contribution in [2.75, 3.05) is 77.3 Å². The first kappa shape index (κ1) is 49.9. The van der Waals surface area contributed by atoms with Gasteiger partial charge in [-0.25, -0.2) is 28.7 Å². The van der Waals surface area contributed by atoms with Crippen LogP contribution in [0.1, 0.15) is 37.7 Å². The number of hydrazine groups is 2. The van der Waals surface area contributed by atoms with E-state index < -0.39 is 51.5 Å². The third kappa shape index (κ3) is 11.9. The lowest BCUT2D eigenvalue weighted by Crippen LogP contribution is -2.43. The second-order valence-electron chi connectivity index (χ2n) is 17.0. The van der Waals surface area contributed by atoms with Crippen molar-refractivity contribution >= 4 is 73.9 Å². The van der Waals surface area contributed by atoms with Crippen molar-refractivity contribution in [2.24, 2.45) is 0 Å². The normalized spacial score (nSPS) is 17.0. The van der Waals surface area contributed by atoms with Crippen molar-refractivity contribution in [3.63, 3.8) is 0 Å². The number of hydrogen-bond acceptors (Lipinski definition) is 17. The predicted octanol–water partition coefficient (Wildman–Crippen LogP) is 8.49. The van der Waals surface area contributed by atoms with Crippen molar-refractivity contribution in [1.82, 2.24) is 40.8 Å². The molecule has 0 bridgehead atoms. The molecule has 0 aliphatic carbocycles. The van der Waals surface area contributed by atoms with Crippen LogP contribution in [0.15, 0.2) is 126 Å². The lowest BCUT2D eigenvalue weighted by Gasteiger charge is -2.38. The average Bonchev–Trinajstić information content (AvgIpc) is 4.15. The summed E-state index contributed by atoms with van der Waals surface area (Å²) < 4.78 is 90.4. The maximum Gasteiger partial charge on any atom is 0.416 e. The van der Waals surface area contributed by atoms with Crippen molar-refractivity contribution in [3.05, 3.63) is 161 Å². The number of nitrogens with one attached hydrogen (secondary N) is 6. The van der Waals surface area contributed by atoms with Crippen LogP contribution in [0, 0.1) is 18.6 Å². The second-order valence-corrected chi connectivity index (χ2v) is 19.2. The van der Waals surface area contributed by atoms with Crippen molar-refractivity contribution in [2.45, 2.75) is 18.5 Å². The molecule has 386 valence electrons. The zero-order valence-corrected chi connectivity index (χ0v) is 40.4. The number of allylic oxidation sites excluding steroid dienone is 2. The standard InChI is InChI=1S/C50H45F5N14O5S/c1-29-18-30(41-4-2-13-73-41)21-35(19-29)60-33-6-8-39(56-24-33)47(71)65-67-49-59-27-38(52)45(63-49)69-12-16-74-43(28-69)75-17-3-5-42(75)31-20-32(50(53,54)55)23-36(22-31)61-34-7-9-40(57-25-34)46(70)64-66-48-58-26-37(51)44(62-48)68-10-14-72-15-11-68/h2-9,13,17-27,43,60-61,75H,10-12,14-16,28H2,1H3,(H,64,70)(H,65,71)(H,58,62,66)(H,59,63,67). The van der Waals surface area contributed by atoms with E-state index in [-0.39, 0.29) is 71.6 Å². The molecule has 2 atom stereocenters. The Balaban J connectivity index is 0.763. The number of carbonyl (C=O) groups excluding carboxylic acids is 2. The first-order valence-corrected chi connectivity index (χ1v) is 24.7. The smallest absolute Gasteiger partial charge is 0.416 e. The van der Waals surface area contributed by atoms with E-state index in [1.165, 1.54) is 30.6 Å². The van der Waals surface area contributed by atoms with Crippen LogP contribution in [0.4, 0.5) is 68.2 Å².